The van der Waals surface area contributed by atoms with Gasteiger partial charge in [-0.15, -0.1) is 0 Å². The van der Waals surface area contributed by atoms with E-state index in [2.05, 4.69) is 19.1 Å². The molecule has 0 unspecified atom stereocenters. The minimum absolute atomic E-state index is 0.158. The van der Waals surface area contributed by atoms with Gasteiger partial charge in [-0.05, 0) is 35.8 Å². The van der Waals surface area contributed by atoms with Crippen molar-refractivity contribution >= 4 is 24.2 Å². The topological polar surface area (TPSA) is 35.5 Å². The Balaban J connectivity index is 1.74. The Morgan fingerprint density at radius 2 is 1.20 bits per heavy atom. The van der Waals surface area contributed by atoms with Crippen LogP contribution in [0.2, 0.25) is 0 Å². The van der Waals surface area contributed by atoms with Gasteiger partial charge in [-0.2, -0.15) is 0 Å². The summed E-state index contributed by atoms with van der Waals surface area (Å²) in [6.07, 6.45) is -0.348. The van der Waals surface area contributed by atoms with E-state index in [1.54, 1.807) is 0 Å². The van der Waals surface area contributed by atoms with E-state index >= 15 is 0 Å². The molecule has 0 radical (unpaired) electrons. The summed E-state index contributed by atoms with van der Waals surface area (Å²) in [5.41, 5.74) is 5.49. The van der Waals surface area contributed by atoms with Crippen molar-refractivity contribution in [2.45, 2.75) is 20.0 Å². The average Bonchev–Trinajstić information content (AvgIpc) is 2.88. The Hall–Kier alpha value is -2.87. The molecule has 1 heterocycles. The molecule has 2 aliphatic rings. The van der Waals surface area contributed by atoms with E-state index in [4.69, 9.17) is 9.05 Å². The van der Waals surface area contributed by atoms with E-state index in [0.29, 0.717) is 11.1 Å². The maximum absolute atomic E-state index is 14.0. The first-order chi connectivity index (χ1) is 14.6. The Kier molecular flexibility index (Phi) is 4.73. The van der Waals surface area contributed by atoms with Crippen molar-refractivity contribution in [2.75, 3.05) is 0 Å². The van der Waals surface area contributed by atoms with Crippen LogP contribution in [-0.4, -0.2) is 6.10 Å². The molecule has 0 N–H and O–H groups in total. The highest BCUT2D eigenvalue weighted by Gasteiger charge is 2.46. The van der Waals surface area contributed by atoms with E-state index in [1.165, 1.54) is 11.1 Å². The molecule has 1 aliphatic heterocycles. The van der Waals surface area contributed by atoms with Gasteiger partial charge in [0.25, 0.3) is 0 Å². The summed E-state index contributed by atoms with van der Waals surface area (Å²) in [6, 6.07) is 29.5. The average molecular weight is 414 g/mol. The van der Waals surface area contributed by atoms with Gasteiger partial charge < -0.3 is 4.52 Å². The number of allylic oxidation sites excluding steroid dienone is 1. The smallest absolute Gasteiger partial charge is 0.411 e. The van der Waals surface area contributed by atoms with Crippen LogP contribution in [-0.2, 0) is 13.6 Å². The second-order valence-corrected chi connectivity index (χ2v) is 9.60. The van der Waals surface area contributed by atoms with Gasteiger partial charge in [0.1, 0.15) is 5.76 Å². The van der Waals surface area contributed by atoms with E-state index in [-0.39, 0.29) is 12.0 Å². The van der Waals surface area contributed by atoms with E-state index in [1.807, 2.05) is 85.8 Å². The minimum Gasteiger partial charge on any atom is -0.420 e. The third-order valence-electron chi connectivity index (χ3n) is 5.80. The fraction of sp³-hybridized carbons (Fsp3) is 0.154. The van der Waals surface area contributed by atoms with Crippen LogP contribution in [0.5, 0.6) is 0 Å². The Labute approximate surface area is 177 Å². The van der Waals surface area contributed by atoms with Crippen molar-refractivity contribution in [3.05, 3.63) is 113 Å². The van der Waals surface area contributed by atoms with Crippen LogP contribution in [0, 0.1) is 5.92 Å². The maximum atomic E-state index is 14.0. The van der Waals surface area contributed by atoms with E-state index in [9.17, 15) is 4.57 Å². The number of benzene rings is 3. The lowest BCUT2D eigenvalue weighted by molar-refractivity contribution is 0.229. The molecule has 30 heavy (non-hydrogen) atoms. The number of hydrogen-bond acceptors (Lipinski definition) is 3. The standard InChI is InChI=1S/C26H23O3P/c1-18-23(20-12-6-3-7-13-20)25-19(2)28-30(27,22-16-10-5-11-17-22)29-26(24(18)25)21-14-8-4-9-15-21/h3-19H,1-2H3/t18-,19-,30+/m0/s1. The van der Waals surface area contributed by atoms with Gasteiger partial charge in [0.05, 0.1) is 11.4 Å². The van der Waals surface area contributed by atoms with E-state index < -0.39 is 7.60 Å². The van der Waals surface area contributed by atoms with Gasteiger partial charge >= 0.3 is 7.60 Å². The molecule has 4 heteroatoms. The van der Waals surface area contributed by atoms with Crippen molar-refractivity contribution in [1.82, 2.24) is 0 Å². The summed E-state index contributed by atoms with van der Waals surface area (Å²) in [7, 11) is -3.56. The van der Waals surface area contributed by atoms with Crippen molar-refractivity contribution < 1.29 is 13.6 Å². The zero-order valence-electron chi connectivity index (χ0n) is 17.0. The molecule has 3 nitrogen and oxygen atoms in total. The molecule has 0 aromatic heterocycles. The van der Waals surface area contributed by atoms with E-state index in [0.717, 1.165) is 16.7 Å². The second kappa shape index (κ2) is 7.43. The SMILES string of the molecule is C[C@@H]1C2=C(c3ccccc3)O[P@@](=O)(c3ccccc3)O[C@@H](C)C2=C1c1ccccc1. The molecule has 3 atom stereocenters. The maximum Gasteiger partial charge on any atom is 0.411 e. The van der Waals surface area contributed by atoms with Crippen LogP contribution in [0.3, 0.4) is 0 Å². The Morgan fingerprint density at radius 3 is 1.80 bits per heavy atom. The van der Waals surface area contributed by atoms with Gasteiger partial charge in [-0.1, -0.05) is 85.8 Å². The van der Waals surface area contributed by atoms with Gasteiger partial charge in [-0.25, -0.2) is 4.57 Å². The Bertz CT molecular complexity index is 1180. The summed E-state index contributed by atoms with van der Waals surface area (Å²) >= 11 is 0. The monoisotopic (exact) mass is 414 g/mol. The third kappa shape index (κ3) is 3.06. The summed E-state index contributed by atoms with van der Waals surface area (Å²) in [6.45, 7) is 4.15. The van der Waals surface area contributed by atoms with Crippen molar-refractivity contribution in [2.24, 2.45) is 5.92 Å². The van der Waals surface area contributed by atoms with Gasteiger partial charge in [0.15, 0.2) is 0 Å². The predicted octanol–water partition coefficient (Wildman–Crippen LogP) is 6.46. The third-order valence-corrected chi connectivity index (χ3v) is 7.75. The van der Waals surface area contributed by atoms with Crippen LogP contribution in [0.25, 0.3) is 11.3 Å². The molecule has 0 saturated heterocycles. The fourth-order valence-corrected chi connectivity index (χ4v) is 6.21. The first-order valence-corrected chi connectivity index (χ1v) is 11.8. The largest absolute Gasteiger partial charge is 0.420 e. The summed E-state index contributed by atoms with van der Waals surface area (Å²) in [4.78, 5) is 0. The molecule has 0 fully saturated rings. The van der Waals surface area contributed by atoms with Gasteiger partial charge in [-0.3, -0.25) is 4.52 Å². The second-order valence-electron chi connectivity index (χ2n) is 7.70. The molecule has 0 bridgehead atoms. The molecule has 0 saturated carbocycles. The highest BCUT2D eigenvalue weighted by atomic mass is 31.2. The van der Waals surface area contributed by atoms with Gasteiger partial charge in [0, 0.05) is 17.1 Å². The minimum atomic E-state index is -3.56. The molecule has 1 aliphatic carbocycles. The van der Waals surface area contributed by atoms with Crippen LogP contribution in [0.4, 0.5) is 0 Å². The zero-order chi connectivity index (χ0) is 20.7. The molecule has 0 amide bonds. The van der Waals surface area contributed by atoms with Crippen LogP contribution < -0.4 is 5.30 Å². The Morgan fingerprint density at radius 1 is 0.667 bits per heavy atom. The molecule has 3 aromatic rings. The normalized spacial score (nSPS) is 25.8. The van der Waals surface area contributed by atoms with Crippen LogP contribution >= 0.6 is 7.60 Å². The highest BCUT2D eigenvalue weighted by molar-refractivity contribution is 7.62. The molecular formula is C26H23O3P. The predicted molar refractivity (Wildman–Crippen MR) is 121 cm³/mol. The number of fused-ring (bicyclic) bond motifs is 1. The van der Waals surface area contributed by atoms with Crippen LogP contribution in [0.1, 0.15) is 25.0 Å². The van der Waals surface area contributed by atoms with Crippen molar-refractivity contribution in [1.29, 1.82) is 0 Å². The molecule has 0 spiro atoms. The lowest BCUT2D eigenvalue weighted by Crippen LogP contribution is -2.27. The molecule has 150 valence electrons. The first-order valence-electron chi connectivity index (χ1n) is 10.2. The van der Waals surface area contributed by atoms with Gasteiger partial charge in [0.2, 0.25) is 0 Å². The summed E-state index contributed by atoms with van der Waals surface area (Å²) < 4.78 is 26.5. The number of hydrogen-bond donors (Lipinski definition) is 0. The molecular weight excluding hydrogens is 391 g/mol. The van der Waals surface area contributed by atoms with Crippen LogP contribution in [0.15, 0.2) is 102 Å². The lowest BCUT2D eigenvalue weighted by Gasteiger charge is -2.37. The van der Waals surface area contributed by atoms with Crippen molar-refractivity contribution in [3.8, 4) is 0 Å². The molecule has 5 rings (SSSR count). The summed E-state index contributed by atoms with van der Waals surface area (Å²) in [5.74, 6) is 0.820. The molecule has 3 aromatic carbocycles. The zero-order valence-corrected chi connectivity index (χ0v) is 17.9. The van der Waals surface area contributed by atoms with Crippen molar-refractivity contribution in [3.63, 3.8) is 0 Å². The lowest BCUT2D eigenvalue weighted by atomic mass is 9.68. The number of rotatable bonds is 3. The summed E-state index contributed by atoms with van der Waals surface area (Å²) in [5, 5.41) is 0.571. The quantitative estimate of drug-likeness (QED) is 0.462. The highest BCUT2D eigenvalue weighted by Crippen LogP contribution is 2.62. The fourth-order valence-electron chi connectivity index (χ4n) is 4.43. The first kappa shape index (κ1) is 19.1.